The third-order valence-electron chi connectivity index (χ3n) is 4.08. The lowest BCUT2D eigenvalue weighted by Crippen LogP contribution is -2.32. The largest absolute Gasteiger partial charge is 0.474 e. The Bertz CT molecular complexity index is 414. The highest BCUT2D eigenvalue weighted by Crippen LogP contribution is 2.29. The highest BCUT2D eigenvalue weighted by Gasteiger charge is 2.23. The maximum Gasteiger partial charge on any atom is 0.220 e. The molecule has 18 heavy (non-hydrogen) atoms. The zero-order valence-electron chi connectivity index (χ0n) is 10.8. The van der Waals surface area contributed by atoms with E-state index in [4.69, 9.17) is 10.5 Å². The van der Waals surface area contributed by atoms with Crippen molar-refractivity contribution in [2.24, 2.45) is 5.73 Å². The molecule has 98 valence electrons. The van der Waals surface area contributed by atoms with Gasteiger partial charge in [-0.3, -0.25) is 0 Å². The van der Waals surface area contributed by atoms with E-state index < -0.39 is 0 Å². The van der Waals surface area contributed by atoms with Crippen molar-refractivity contribution < 1.29 is 4.74 Å². The lowest BCUT2D eigenvalue weighted by Gasteiger charge is -2.27. The Morgan fingerprint density at radius 3 is 2.67 bits per heavy atom. The number of ether oxygens (including phenoxy) is 1. The van der Waals surface area contributed by atoms with Crippen molar-refractivity contribution in [2.75, 3.05) is 0 Å². The zero-order chi connectivity index (χ0) is 12.4. The maximum absolute atomic E-state index is 6.10. The summed E-state index contributed by atoms with van der Waals surface area (Å²) < 4.78 is 6.10. The molecule has 0 aliphatic heterocycles. The van der Waals surface area contributed by atoms with E-state index in [0.717, 1.165) is 44.4 Å². The molecule has 0 atom stereocenters. The van der Waals surface area contributed by atoms with Crippen LogP contribution in [0.4, 0.5) is 0 Å². The van der Waals surface area contributed by atoms with Gasteiger partial charge in [0.15, 0.2) is 0 Å². The lowest BCUT2D eigenvalue weighted by molar-refractivity contribution is 0.139. The summed E-state index contributed by atoms with van der Waals surface area (Å²) in [6.07, 6.45) is 10.8. The summed E-state index contributed by atoms with van der Waals surface area (Å²) in [7, 11) is 0. The Morgan fingerprint density at radius 1 is 1.06 bits per heavy atom. The zero-order valence-corrected chi connectivity index (χ0v) is 10.8. The number of rotatable bonds is 2. The van der Waals surface area contributed by atoms with Crippen molar-refractivity contribution in [2.45, 2.75) is 63.5 Å². The maximum atomic E-state index is 6.10. The van der Waals surface area contributed by atoms with E-state index in [1.54, 1.807) is 6.33 Å². The normalized spacial score (nSPS) is 27.6. The van der Waals surface area contributed by atoms with Gasteiger partial charge >= 0.3 is 0 Å². The van der Waals surface area contributed by atoms with Crippen LogP contribution in [0.25, 0.3) is 0 Å². The van der Waals surface area contributed by atoms with Gasteiger partial charge in [0.2, 0.25) is 5.88 Å². The van der Waals surface area contributed by atoms with Gasteiger partial charge < -0.3 is 10.5 Å². The summed E-state index contributed by atoms with van der Waals surface area (Å²) in [6.45, 7) is 0. The van der Waals surface area contributed by atoms with Crippen molar-refractivity contribution in [3.8, 4) is 5.88 Å². The van der Waals surface area contributed by atoms with Gasteiger partial charge in [0.25, 0.3) is 0 Å². The topological polar surface area (TPSA) is 61.0 Å². The Hall–Kier alpha value is -1.16. The molecule has 1 saturated carbocycles. The van der Waals surface area contributed by atoms with Gasteiger partial charge in [-0.2, -0.15) is 0 Å². The molecule has 1 heterocycles. The minimum Gasteiger partial charge on any atom is -0.474 e. The molecule has 0 unspecified atom stereocenters. The van der Waals surface area contributed by atoms with E-state index in [1.165, 1.54) is 24.1 Å². The van der Waals surface area contributed by atoms with Gasteiger partial charge in [0.05, 0.1) is 5.69 Å². The first-order valence-corrected chi connectivity index (χ1v) is 7.08. The van der Waals surface area contributed by atoms with Crippen molar-refractivity contribution in [1.82, 2.24) is 9.97 Å². The van der Waals surface area contributed by atoms with Crippen LogP contribution >= 0.6 is 0 Å². The van der Waals surface area contributed by atoms with Gasteiger partial charge in [0.1, 0.15) is 12.4 Å². The highest BCUT2D eigenvalue weighted by atomic mass is 16.5. The summed E-state index contributed by atoms with van der Waals surface area (Å²) >= 11 is 0. The predicted molar refractivity (Wildman–Crippen MR) is 69.5 cm³/mol. The summed E-state index contributed by atoms with van der Waals surface area (Å²) in [6, 6.07) is 0.365. The van der Waals surface area contributed by atoms with Crippen molar-refractivity contribution in [3.63, 3.8) is 0 Å². The van der Waals surface area contributed by atoms with Crippen LogP contribution in [-0.4, -0.2) is 22.1 Å². The Kier molecular flexibility index (Phi) is 3.46. The second kappa shape index (κ2) is 5.22. The van der Waals surface area contributed by atoms with Gasteiger partial charge in [0, 0.05) is 11.6 Å². The average Bonchev–Trinajstić information content (AvgIpc) is 2.42. The van der Waals surface area contributed by atoms with Crippen LogP contribution < -0.4 is 10.5 Å². The van der Waals surface area contributed by atoms with Crippen molar-refractivity contribution in [1.29, 1.82) is 0 Å². The number of fused-ring (bicyclic) bond motifs is 1. The first kappa shape index (κ1) is 11.9. The van der Waals surface area contributed by atoms with Gasteiger partial charge in [-0.1, -0.05) is 0 Å². The molecule has 1 fully saturated rings. The van der Waals surface area contributed by atoms with E-state index >= 15 is 0 Å². The van der Waals surface area contributed by atoms with Crippen LogP contribution in [0.3, 0.4) is 0 Å². The molecular formula is C14H21N3O. The van der Waals surface area contributed by atoms with E-state index in [2.05, 4.69) is 9.97 Å². The number of aryl methyl sites for hydroxylation is 1. The molecular weight excluding hydrogens is 226 g/mol. The quantitative estimate of drug-likeness (QED) is 0.868. The molecule has 4 nitrogen and oxygen atoms in total. The fourth-order valence-electron chi connectivity index (χ4n) is 2.96. The lowest BCUT2D eigenvalue weighted by atomic mass is 9.93. The second-order valence-corrected chi connectivity index (χ2v) is 5.47. The van der Waals surface area contributed by atoms with E-state index in [1.807, 2.05) is 0 Å². The van der Waals surface area contributed by atoms with Crippen LogP contribution in [0, 0.1) is 0 Å². The molecule has 2 N–H and O–H groups in total. The first-order chi connectivity index (χ1) is 8.83. The molecule has 2 aliphatic rings. The van der Waals surface area contributed by atoms with E-state index in [-0.39, 0.29) is 0 Å². The Morgan fingerprint density at radius 2 is 1.83 bits per heavy atom. The molecule has 0 amide bonds. The van der Waals surface area contributed by atoms with Crippen molar-refractivity contribution in [3.05, 3.63) is 17.6 Å². The van der Waals surface area contributed by atoms with E-state index in [0.29, 0.717) is 12.1 Å². The monoisotopic (exact) mass is 247 g/mol. The molecule has 1 aromatic heterocycles. The molecule has 1 aromatic rings. The van der Waals surface area contributed by atoms with Gasteiger partial charge in [-0.15, -0.1) is 0 Å². The van der Waals surface area contributed by atoms with Gasteiger partial charge in [-0.05, 0) is 51.4 Å². The molecule has 0 aromatic carbocycles. The minimum atomic E-state index is 0.297. The summed E-state index contributed by atoms with van der Waals surface area (Å²) in [5.74, 6) is 0.833. The number of nitrogens with two attached hydrogens (primary N) is 1. The Balaban J connectivity index is 1.72. The second-order valence-electron chi connectivity index (χ2n) is 5.47. The van der Waals surface area contributed by atoms with Crippen LogP contribution in [0.2, 0.25) is 0 Å². The van der Waals surface area contributed by atoms with Crippen LogP contribution in [0.15, 0.2) is 6.33 Å². The summed E-state index contributed by atoms with van der Waals surface area (Å²) in [5, 5.41) is 0. The number of hydrogen-bond acceptors (Lipinski definition) is 4. The third-order valence-corrected chi connectivity index (χ3v) is 4.08. The van der Waals surface area contributed by atoms with Gasteiger partial charge in [-0.25, -0.2) is 9.97 Å². The summed E-state index contributed by atoms with van der Waals surface area (Å²) in [5.41, 5.74) is 8.36. The average molecular weight is 247 g/mol. The molecule has 2 aliphatic carbocycles. The number of nitrogens with zero attached hydrogens (tertiary/aromatic N) is 2. The number of aromatic nitrogens is 2. The van der Waals surface area contributed by atoms with Crippen LogP contribution in [-0.2, 0) is 12.8 Å². The van der Waals surface area contributed by atoms with Crippen LogP contribution in [0.5, 0.6) is 5.88 Å². The molecule has 0 radical (unpaired) electrons. The fraction of sp³-hybridized carbons (Fsp3) is 0.714. The number of hydrogen-bond donors (Lipinski definition) is 1. The van der Waals surface area contributed by atoms with E-state index in [9.17, 15) is 0 Å². The minimum absolute atomic E-state index is 0.297. The molecule has 3 rings (SSSR count). The molecule has 0 spiro atoms. The molecule has 4 heteroatoms. The molecule has 0 saturated heterocycles. The highest BCUT2D eigenvalue weighted by molar-refractivity contribution is 5.31. The fourth-order valence-corrected chi connectivity index (χ4v) is 2.96. The SMILES string of the molecule is NC1CCC(Oc2ncnc3c2CCCC3)CC1. The first-order valence-electron chi connectivity index (χ1n) is 7.08. The third kappa shape index (κ3) is 2.48. The standard InChI is InChI=1S/C14H21N3O/c15-10-5-7-11(8-6-10)18-14-12-3-1-2-4-13(12)16-9-17-14/h9-11H,1-8,15H2. The van der Waals surface area contributed by atoms with Crippen molar-refractivity contribution >= 4 is 0 Å². The predicted octanol–water partition coefficient (Wildman–Crippen LogP) is 2.00. The smallest absolute Gasteiger partial charge is 0.220 e. The summed E-state index contributed by atoms with van der Waals surface area (Å²) in [4.78, 5) is 8.71. The molecule has 0 bridgehead atoms. The van der Waals surface area contributed by atoms with Crippen LogP contribution in [0.1, 0.15) is 49.8 Å². The Labute approximate surface area is 108 Å².